The van der Waals surface area contributed by atoms with E-state index in [1.54, 1.807) is 51.1 Å². The molecular formula is C27H39N5O5. The third kappa shape index (κ3) is 6.61. The molecule has 1 aromatic heterocycles. The first-order chi connectivity index (χ1) is 17.7. The van der Waals surface area contributed by atoms with Crippen molar-refractivity contribution in [3.8, 4) is 5.75 Å². The number of carbonyl (C=O) groups excluding carboxylic acids is 2. The molecule has 0 saturated heterocycles. The minimum Gasteiger partial charge on any atom is -0.491 e. The number of nitrogens with one attached hydrogen (secondary N) is 2. The highest BCUT2D eigenvalue weighted by molar-refractivity contribution is 6.02. The molecule has 3 atom stereocenters. The summed E-state index contributed by atoms with van der Waals surface area (Å²) in [5.41, 5.74) is 1.97. The third-order valence-electron chi connectivity index (χ3n) is 7.29. The smallest absolute Gasteiger partial charge is 0.323 e. The molecule has 10 nitrogen and oxygen atoms in total. The van der Waals surface area contributed by atoms with E-state index in [4.69, 9.17) is 14.0 Å². The van der Waals surface area contributed by atoms with Crippen LogP contribution < -0.4 is 15.4 Å². The standard InChI is InChI=1S/C27H39N5O5/c1-16-12-32(13-20-7-8-20)17(2)15-36-23-10-9-21(11-22(23)26(33)31(5)14-24(16)35-6)28-27(34)29-25-18(3)30-37-19(25)4/h9-11,16-17,20,24H,7-8,12-15H2,1-6H3,(H2,28,29,34)/t16-,17-,24+/m1/s1. The predicted octanol–water partition coefficient (Wildman–Crippen LogP) is 4.15. The number of aryl methyl sites for hydroxylation is 2. The van der Waals surface area contributed by atoms with Gasteiger partial charge in [0.2, 0.25) is 0 Å². The first kappa shape index (κ1) is 26.9. The predicted molar refractivity (Wildman–Crippen MR) is 141 cm³/mol. The Morgan fingerprint density at radius 2 is 1.95 bits per heavy atom. The van der Waals surface area contributed by atoms with Gasteiger partial charge in [-0.1, -0.05) is 12.1 Å². The highest BCUT2D eigenvalue weighted by atomic mass is 16.5. The average molecular weight is 514 g/mol. The summed E-state index contributed by atoms with van der Waals surface area (Å²) in [6, 6.07) is 4.86. The van der Waals surface area contributed by atoms with Crippen molar-refractivity contribution in [2.45, 2.75) is 52.7 Å². The summed E-state index contributed by atoms with van der Waals surface area (Å²) in [6.07, 6.45) is 2.46. The number of hydrogen-bond acceptors (Lipinski definition) is 7. The zero-order chi connectivity index (χ0) is 26.7. The molecule has 2 aromatic rings. The molecule has 0 spiro atoms. The molecule has 1 aliphatic carbocycles. The Hall–Kier alpha value is -3.11. The van der Waals surface area contributed by atoms with E-state index in [1.165, 1.54) is 12.8 Å². The SMILES string of the molecule is CO[C@H]1CN(C)C(=O)c2cc(NC(=O)Nc3c(C)noc3C)ccc2OC[C@@H](C)N(CC2CC2)C[C@H]1C. The van der Waals surface area contributed by atoms with Crippen molar-refractivity contribution >= 4 is 23.3 Å². The highest BCUT2D eigenvalue weighted by Crippen LogP contribution is 2.32. The molecule has 0 radical (unpaired) electrons. The molecule has 1 saturated carbocycles. The van der Waals surface area contributed by atoms with Crippen LogP contribution in [0.5, 0.6) is 5.75 Å². The lowest BCUT2D eigenvalue weighted by atomic mass is 10.0. The van der Waals surface area contributed by atoms with Crippen LogP contribution in [0.15, 0.2) is 22.7 Å². The highest BCUT2D eigenvalue weighted by Gasteiger charge is 2.31. The molecule has 0 unspecified atom stereocenters. The normalized spacial score (nSPS) is 23.5. The maximum absolute atomic E-state index is 13.5. The van der Waals surface area contributed by atoms with E-state index in [2.05, 4.69) is 34.5 Å². The molecule has 1 fully saturated rings. The van der Waals surface area contributed by atoms with Crippen molar-refractivity contribution in [1.82, 2.24) is 15.0 Å². The Balaban J connectivity index is 1.57. The van der Waals surface area contributed by atoms with Crippen LogP contribution in [0.3, 0.4) is 0 Å². The Kier molecular flexibility index (Phi) is 8.39. The van der Waals surface area contributed by atoms with Crippen LogP contribution in [0, 0.1) is 25.7 Å². The zero-order valence-electron chi connectivity index (χ0n) is 22.7. The summed E-state index contributed by atoms with van der Waals surface area (Å²) in [4.78, 5) is 30.3. The Morgan fingerprint density at radius 3 is 2.59 bits per heavy atom. The maximum atomic E-state index is 13.5. The van der Waals surface area contributed by atoms with Crippen molar-refractivity contribution in [2.24, 2.45) is 11.8 Å². The van der Waals surface area contributed by atoms with Gasteiger partial charge in [-0.15, -0.1) is 0 Å². The summed E-state index contributed by atoms with van der Waals surface area (Å²) in [6.45, 7) is 10.7. The molecule has 2 heterocycles. The quantitative estimate of drug-likeness (QED) is 0.618. The first-order valence-electron chi connectivity index (χ1n) is 13.0. The number of fused-ring (bicyclic) bond motifs is 1. The van der Waals surface area contributed by atoms with E-state index in [-0.39, 0.29) is 24.0 Å². The molecule has 4 rings (SSSR count). The van der Waals surface area contributed by atoms with Gasteiger partial charge in [0.15, 0.2) is 5.76 Å². The lowest BCUT2D eigenvalue weighted by molar-refractivity contribution is 0.00994. The first-order valence-corrected chi connectivity index (χ1v) is 13.0. The topological polar surface area (TPSA) is 109 Å². The summed E-state index contributed by atoms with van der Waals surface area (Å²) in [5.74, 6) is 1.81. The number of hydrogen-bond donors (Lipinski definition) is 2. The summed E-state index contributed by atoms with van der Waals surface area (Å²) in [7, 11) is 3.47. The number of amides is 3. The number of methoxy groups -OCH3 is 1. The second kappa shape index (κ2) is 11.5. The van der Waals surface area contributed by atoms with Crippen molar-refractivity contribution in [3.63, 3.8) is 0 Å². The van der Waals surface area contributed by atoms with Gasteiger partial charge in [0, 0.05) is 45.5 Å². The van der Waals surface area contributed by atoms with Gasteiger partial charge in [-0.2, -0.15) is 0 Å². The monoisotopic (exact) mass is 513 g/mol. The molecule has 37 heavy (non-hydrogen) atoms. The summed E-state index contributed by atoms with van der Waals surface area (Å²) < 4.78 is 17.2. The summed E-state index contributed by atoms with van der Waals surface area (Å²) in [5, 5.41) is 9.41. The molecule has 10 heteroatoms. The fourth-order valence-corrected chi connectivity index (χ4v) is 4.75. The van der Waals surface area contributed by atoms with Crippen LogP contribution in [0.1, 0.15) is 48.5 Å². The maximum Gasteiger partial charge on any atom is 0.323 e. The molecule has 202 valence electrons. The molecule has 0 bridgehead atoms. The molecule has 2 aliphatic rings. The Labute approximate surface area is 218 Å². The number of benzene rings is 1. The fourth-order valence-electron chi connectivity index (χ4n) is 4.75. The van der Waals surface area contributed by atoms with Gasteiger partial charge in [-0.05, 0) is 63.6 Å². The number of urea groups is 1. The zero-order valence-corrected chi connectivity index (χ0v) is 22.7. The lowest BCUT2D eigenvalue weighted by Crippen LogP contribution is -2.47. The van der Waals surface area contributed by atoms with E-state index in [0.29, 0.717) is 47.3 Å². The van der Waals surface area contributed by atoms with Crippen LogP contribution in [-0.4, -0.2) is 79.4 Å². The van der Waals surface area contributed by atoms with Gasteiger partial charge in [-0.3, -0.25) is 9.69 Å². The number of rotatable bonds is 5. The van der Waals surface area contributed by atoms with Crippen LogP contribution in [0.4, 0.5) is 16.2 Å². The fraction of sp³-hybridized carbons (Fsp3) is 0.593. The second-order valence-electron chi connectivity index (χ2n) is 10.5. The minimum absolute atomic E-state index is 0.103. The van der Waals surface area contributed by atoms with Gasteiger partial charge >= 0.3 is 6.03 Å². The van der Waals surface area contributed by atoms with Gasteiger partial charge in [0.25, 0.3) is 5.91 Å². The largest absolute Gasteiger partial charge is 0.491 e. The third-order valence-corrected chi connectivity index (χ3v) is 7.29. The number of likely N-dealkylation sites (N-methyl/N-ethyl adjacent to an activating group) is 1. The van der Waals surface area contributed by atoms with E-state index in [1.807, 2.05) is 0 Å². The molecule has 1 aliphatic heterocycles. The van der Waals surface area contributed by atoms with Gasteiger partial charge < -0.3 is 29.5 Å². The summed E-state index contributed by atoms with van der Waals surface area (Å²) >= 11 is 0. The molecule has 2 N–H and O–H groups in total. The van der Waals surface area contributed by atoms with E-state index in [0.717, 1.165) is 19.0 Å². The van der Waals surface area contributed by atoms with E-state index < -0.39 is 6.03 Å². The molecule has 1 aromatic carbocycles. The van der Waals surface area contributed by atoms with Crippen LogP contribution >= 0.6 is 0 Å². The van der Waals surface area contributed by atoms with Gasteiger partial charge in [0.1, 0.15) is 23.7 Å². The number of carbonyl (C=O) groups is 2. The number of ether oxygens (including phenoxy) is 2. The average Bonchev–Trinajstić information content (AvgIpc) is 3.64. The van der Waals surface area contributed by atoms with Gasteiger partial charge in [0.05, 0.1) is 11.7 Å². The van der Waals surface area contributed by atoms with Crippen molar-refractivity contribution in [2.75, 3.05) is 51.0 Å². The van der Waals surface area contributed by atoms with Crippen molar-refractivity contribution in [3.05, 3.63) is 35.2 Å². The Morgan fingerprint density at radius 1 is 1.19 bits per heavy atom. The van der Waals surface area contributed by atoms with Crippen molar-refractivity contribution in [1.29, 1.82) is 0 Å². The number of aromatic nitrogens is 1. The second-order valence-corrected chi connectivity index (χ2v) is 10.5. The number of nitrogens with zero attached hydrogens (tertiary/aromatic N) is 3. The van der Waals surface area contributed by atoms with Gasteiger partial charge in [-0.25, -0.2) is 4.79 Å². The minimum atomic E-state index is -0.457. The van der Waals surface area contributed by atoms with Crippen molar-refractivity contribution < 1.29 is 23.6 Å². The van der Waals surface area contributed by atoms with E-state index in [9.17, 15) is 9.59 Å². The van der Waals surface area contributed by atoms with Crippen LogP contribution in [-0.2, 0) is 4.74 Å². The van der Waals surface area contributed by atoms with E-state index >= 15 is 0 Å². The lowest BCUT2D eigenvalue weighted by Gasteiger charge is -2.36. The van der Waals surface area contributed by atoms with Crippen LogP contribution in [0.25, 0.3) is 0 Å². The Bertz CT molecular complexity index is 1100. The molecule has 3 amide bonds. The molecular weight excluding hydrogens is 474 g/mol. The van der Waals surface area contributed by atoms with Crippen LogP contribution in [0.2, 0.25) is 0 Å². The number of anilines is 2.